The maximum absolute atomic E-state index is 12.6. The number of fused-ring (bicyclic) bond motifs is 1. The van der Waals surface area contributed by atoms with Crippen LogP contribution in [0.4, 0.5) is 5.69 Å². The normalized spacial score (nSPS) is 13.4. The summed E-state index contributed by atoms with van der Waals surface area (Å²) in [6.45, 7) is 1.67. The fourth-order valence-electron chi connectivity index (χ4n) is 3.46. The summed E-state index contributed by atoms with van der Waals surface area (Å²) in [5.41, 5.74) is 3.34. The molecule has 0 heterocycles. The Labute approximate surface area is 165 Å². The summed E-state index contributed by atoms with van der Waals surface area (Å²) in [6, 6.07) is 14.0. The lowest BCUT2D eigenvalue weighted by Gasteiger charge is -2.22. The SMILES string of the molecule is CC(=O)N(CCNS(=O)(=O)c1ccc2c(c1)CCCC2)c1cccc(C#N)c1. The van der Waals surface area contributed by atoms with Crippen molar-refractivity contribution in [3.05, 3.63) is 59.2 Å². The zero-order valence-corrected chi connectivity index (χ0v) is 16.6. The summed E-state index contributed by atoms with van der Waals surface area (Å²) in [5.74, 6) is -0.219. The minimum absolute atomic E-state index is 0.0791. The second-order valence-electron chi connectivity index (χ2n) is 6.87. The third-order valence-electron chi connectivity index (χ3n) is 4.92. The van der Waals surface area contributed by atoms with E-state index in [1.807, 2.05) is 12.1 Å². The van der Waals surface area contributed by atoms with Crippen molar-refractivity contribution in [2.24, 2.45) is 0 Å². The molecule has 2 aromatic rings. The van der Waals surface area contributed by atoms with Crippen molar-refractivity contribution in [1.29, 1.82) is 5.26 Å². The summed E-state index contributed by atoms with van der Waals surface area (Å²) >= 11 is 0. The average molecular weight is 398 g/mol. The Morgan fingerprint density at radius 3 is 2.61 bits per heavy atom. The maximum atomic E-state index is 12.6. The monoisotopic (exact) mass is 397 g/mol. The first-order valence-corrected chi connectivity index (χ1v) is 10.8. The Bertz CT molecular complexity index is 1030. The molecule has 1 amide bonds. The molecule has 0 fully saturated rings. The number of rotatable bonds is 6. The summed E-state index contributed by atoms with van der Waals surface area (Å²) in [7, 11) is -3.65. The molecule has 0 atom stereocenters. The summed E-state index contributed by atoms with van der Waals surface area (Å²) in [6.07, 6.45) is 4.13. The lowest BCUT2D eigenvalue weighted by Crippen LogP contribution is -2.37. The number of carbonyl (C=O) groups is 1. The predicted octanol–water partition coefficient (Wildman–Crippen LogP) is 2.77. The van der Waals surface area contributed by atoms with E-state index in [1.165, 1.54) is 17.4 Å². The lowest BCUT2D eigenvalue weighted by atomic mass is 9.92. The van der Waals surface area contributed by atoms with Gasteiger partial charge in [0.2, 0.25) is 15.9 Å². The molecule has 0 saturated carbocycles. The number of anilines is 1. The molecule has 0 saturated heterocycles. The van der Waals surface area contributed by atoms with Gasteiger partial charge < -0.3 is 4.90 Å². The van der Waals surface area contributed by atoms with E-state index in [1.54, 1.807) is 36.4 Å². The molecule has 146 valence electrons. The Morgan fingerprint density at radius 2 is 1.89 bits per heavy atom. The van der Waals surface area contributed by atoms with Crippen LogP contribution in [0.2, 0.25) is 0 Å². The molecule has 28 heavy (non-hydrogen) atoms. The molecule has 0 bridgehead atoms. The van der Waals surface area contributed by atoms with Crippen LogP contribution in [-0.4, -0.2) is 27.4 Å². The number of nitriles is 1. The standard InChI is InChI=1S/C21H23N3O3S/c1-16(25)24(20-8-4-5-17(13-20)15-22)12-11-23-28(26,27)21-10-9-18-6-2-3-7-19(18)14-21/h4-5,8-10,13-14,23H,2-3,6-7,11-12H2,1H3. The Morgan fingerprint density at radius 1 is 1.14 bits per heavy atom. The second-order valence-corrected chi connectivity index (χ2v) is 8.64. The number of benzene rings is 2. The number of nitrogens with zero attached hydrogens (tertiary/aromatic N) is 2. The molecule has 3 rings (SSSR count). The van der Waals surface area contributed by atoms with E-state index in [0.717, 1.165) is 31.2 Å². The average Bonchev–Trinajstić information content (AvgIpc) is 2.70. The first-order valence-electron chi connectivity index (χ1n) is 9.30. The number of sulfonamides is 1. The lowest BCUT2D eigenvalue weighted by molar-refractivity contribution is -0.116. The molecule has 6 nitrogen and oxygen atoms in total. The fraction of sp³-hybridized carbons (Fsp3) is 0.333. The molecule has 7 heteroatoms. The van der Waals surface area contributed by atoms with Crippen molar-refractivity contribution in [1.82, 2.24) is 4.72 Å². The quantitative estimate of drug-likeness (QED) is 0.811. The highest BCUT2D eigenvalue weighted by Crippen LogP contribution is 2.24. The van der Waals surface area contributed by atoms with Crippen molar-refractivity contribution in [3.63, 3.8) is 0 Å². The minimum Gasteiger partial charge on any atom is -0.311 e. The van der Waals surface area contributed by atoms with Gasteiger partial charge in [-0.05, 0) is 67.1 Å². The van der Waals surface area contributed by atoms with Gasteiger partial charge in [0.25, 0.3) is 0 Å². The highest BCUT2D eigenvalue weighted by molar-refractivity contribution is 7.89. The summed E-state index contributed by atoms with van der Waals surface area (Å²) in [4.78, 5) is 13.7. The maximum Gasteiger partial charge on any atom is 0.240 e. The van der Waals surface area contributed by atoms with Gasteiger partial charge in [0.1, 0.15) is 0 Å². The van der Waals surface area contributed by atoms with Gasteiger partial charge in [0.15, 0.2) is 0 Å². The zero-order valence-electron chi connectivity index (χ0n) is 15.8. The van der Waals surface area contributed by atoms with E-state index in [4.69, 9.17) is 5.26 Å². The zero-order chi connectivity index (χ0) is 20.1. The molecular weight excluding hydrogens is 374 g/mol. The molecule has 0 spiro atoms. The van der Waals surface area contributed by atoms with Gasteiger partial charge in [-0.15, -0.1) is 0 Å². The molecule has 1 aliphatic rings. The van der Waals surface area contributed by atoms with E-state index < -0.39 is 10.0 Å². The van der Waals surface area contributed by atoms with Crippen molar-refractivity contribution >= 4 is 21.6 Å². The molecule has 2 aromatic carbocycles. The third-order valence-corrected chi connectivity index (χ3v) is 6.38. The van der Waals surface area contributed by atoms with Gasteiger partial charge in [-0.2, -0.15) is 5.26 Å². The van der Waals surface area contributed by atoms with E-state index >= 15 is 0 Å². The second kappa shape index (κ2) is 8.55. The van der Waals surface area contributed by atoms with Crippen molar-refractivity contribution < 1.29 is 13.2 Å². The number of hydrogen-bond acceptors (Lipinski definition) is 4. The smallest absolute Gasteiger partial charge is 0.240 e. The van der Waals surface area contributed by atoms with Gasteiger partial charge in [-0.25, -0.2) is 13.1 Å². The number of aryl methyl sites for hydroxylation is 2. The van der Waals surface area contributed by atoms with Crippen LogP contribution in [0.15, 0.2) is 47.4 Å². The molecular formula is C21H23N3O3S. The number of carbonyl (C=O) groups excluding carboxylic acids is 1. The van der Waals surface area contributed by atoms with Crippen LogP contribution < -0.4 is 9.62 Å². The molecule has 1 N–H and O–H groups in total. The van der Waals surface area contributed by atoms with E-state index in [-0.39, 0.29) is 23.9 Å². The first kappa shape index (κ1) is 20.1. The predicted molar refractivity (Wildman–Crippen MR) is 107 cm³/mol. The number of nitrogens with one attached hydrogen (secondary N) is 1. The first-order chi connectivity index (χ1) is 13.4. The van der Waals surface area contributed by atoms with Gasteiger partial charge >= 0.3 is 0 Å². The topological polar surface area (TPSA) is 90.3 Å². The fourth-order valence-corrected chi connectivity index (χ4v) is 4.54. The Kier molecular flexibility index (Phi) is 6.12. The summed E-state index contributed by atoms with van der Waals surface area (Å²) < 4.78 is 27.9. The van der Waals surface area contributed by atoms with Crippen LogP contribution in [0, 0.1) is 11.3 Å². The highest BCUT2D eigenvalue weighted by Gasteiger charge is 2.19. The Hall–Kier alpha value is -2.69. The van der Waals surface area contributed by atoms with Crippen LogP contribution in [0.1, 0.15) is 36.5 Å². The van der Waals surface area contributed by atoms with E-state index in [2.05, 4.69) is 4.72 Å². The molecule has 0 aromatic heterocycles. The van der Waals surface area contributed by atoms with Crippen LogP contribution in [0.25, 0.3) is 0 Å². The molecule has 0 aliphatic heterocycles. The molecule has 1 aliphatic carbocycles. The van der Waals surface area contributed by atoms with Gasteiger partial charge in [0, 0.05) is 25.7 Å². The van der Waals surface area contributed by atoms with Crippen LogP contribution in [0.3, 0.4) is 0 Å². The van der Waals surface area contributed by atoms with Gasteiger partial charge in [0.05, 0.1) is 16.5 Å². The van der Waals surface area contributed by atoms with E-state index in [9.17, 15) is 13.2 Å². The molecule has 0 radical (unpaired) electrons. The minimum atomic E-state index is -3.65. The van der Waals surface area contributed by atoms with Crippen molar-refractivity contribution in [2.45, 2.75) is 37.5 Å². The largest absolute Gasteiger partial charge is 0.311 e. The highest BCUT2D eigenvalue weighted by atomic mass is 32.2. The number of amides is 1. The van der Waals surface area contributed by atoms with Crippen LogP contribution in [-0.2, 0) is 27.7 Å². The van der Waals surface area contributed by atoms with E-state index in [0.29, 0.717) is 11.3 Å². The van der Waals surface area contributed by atoms with Crippen molar-refractivity contribution in [3.8, 4) is 6.07 Å². The van der Waals surface area contributed by atoms with Crippen LogP contribution in [0.5, 0.6) is 0 Å². The van der Waals surface area contributed by atoms with Crippen LogP contribution >= 0.6 is 0 Å². The Balaban J connectivity index is 1.69. The van der Waals surface area contributed by atoms with Gasteiger partial charge in [-0.3, -0.25) is 4.79 Å². The molecule has 0 unspecified atom stereocenters. The number of hydrogen-bond donors (Lipinski definition) is 1. The van der Waals surface area contributed by atoms with Gasteiger partial charge in [-0.1, -0.05) is 12.1 Å². The third kappa shape index (κ3) is 4.58. The van der Waals surface area contributed by atoms with Crippen molar-refractivity contribution in [2.75, 3.05) is 18.0 Å². The summed E-state index contributed by atoms with van der Waals surface area (Å²) in [5, 5.41) is 9.03.